The minimum Gasteiger partial charge on any atom is -0.493 e. The van der Waals surface area contributed by atoms with Crippen molar-refractivity contribution in [1.29, 1.82) is 5.26 Å². The first-order chi connectivity index (χ1) is 18.2. The number of sulfonamides is 1. The molecule has 3 rings (SSSR count). The van der Waals surface area contributed by atoms with Gasteiger partial charge in [-0.1, -0.05) is 49.2 Å². The molecule has 0 atom stereocenters. The Morgan fingerprint density at radius 3 is 2.26 bits per heavy atom. The zero-order valence-electron chi connectivity index (χ0n) is 22.1. The Balaban J connectivity index is 2.10. The van der Waals surface area contributed by atoms with Gasteiger partial charge >= 0.3 is 0 Å². The molecule has 0 unspecified atom stereocenters. The molecule has 3 aromatic carbocycles. The zero-order chi connectivity index (χ0) is 27.7. The summed E-state index contributed by atoms with van der Waals surface area (Å²) in [5.74, 6) is -0.0110. The summed E-state index contributed by atoms with van der Waals surface area (Å²) in [6.07, 6.45) is 4.21. The Bertz CT molecular complexity index is 1440. The molecule has 0 radical (unpaired) electrons. The summed E-state index contributed by atoms with van der Waals surface area (Å²) >= 11 is 0. The molecule has 0 heterocycles. The highest BCUT2D eigenvalue weighted by molar-refractivity contribution is 7.93. The van der Waals surface area contributed by atoms with E-state index in [0.717, 1.165) is 30.4 Å². The van der Waals surface area contributed by atoms with Crippen molar-refractivity contribution in [2.24, 2.45) is 0 Å². The van der Waals surface area contributed by atoms with Gasteiger partial charge in [-0.15, -0.1) is 0 Å². The van der Waals surface area contributed by atoms with Crippen molar-refractivity contribution in [1.82, 2.24) is 0 Å². The molecule has 8 heteroatoms. The summed E-state index contributed by atoms with van der Waals surface area (Å²) in [5, 5.41) is 9.92. The fraction of sp³-hybridized carbons (Fsp3) is 0.267. The van der Waals surface area contributed by atoms with Crippen molar-refractivity contribution in [2.45, 2.75) is 44.9 Å². The van der Waals surface area contributed by atoms with Gasteiger partial charge in [0.2, 0.25) is 0 Å². The zero-order valence-corrected chi connectivity index (χ0v) is 22.9. The molecule has 38 heavy (non-hydrogen) atoms. The molecular weight excluding hydrogens is 500 g/mol. The maximum Gasteiger partial charge on any atom is 0.282 e. The van der Waals surface area contributed by atoms with E-state index >= 15 is 0 Å². The van der Waals surface area contributed by atoms with Gasteiger partial charge in [0, 0.05) is 0 Å². The molecule has 0 N–H and O–H groups in total. The van der Waals surface area contributed by atoms with Crippen LogP contribution in [0.15, 0.2) is 77.2 Å². The van der Waals surface area contributed by atoms with Crippen LogP contribution >= 0.6 is 0 Å². The average molecular weight is 533 g/mol. The largest absolute Gasteiger partial charge is 0.493 e. The van der Waals surface area contributed by atoms with Crippen LogP contribution in [0.4, 0.5) is 5.69 Å². The molecule has 0 aliphatic heterocycles. The van der Waals surface area contributed by atoms with E-state index in [1.54, 1.807) is 42.5 Å². The molecule has 0 saturated carbocycles. The van der Waals surface area contributed by atoms with Crippen LogP contribution < -0.4 is 13.8 Å². The van der Waals surface area contributed by atoms with E-state index in [0.29, 0.717) is 28.0 Å². The van der Waals surface area contributed by atoms with Crippen molar-refractivity contribution in [3.63, 3.8) is 0 Å². The number of rotatable bonds is 11. The molecular formula is C30H32N2O5S. The second-order valence-corrected chi connectivity index (χ2v) is 10.5. The van der Waals surface area contributed by atoms with E-state index < -0.39 is 15.9 Å². The number of nitrogens with zero attached hydrogens (tertiary/aromatic N) is 2. The fourth-order valence-corrected chi connectivity index (χ4v) is 5.23. The molecule has 0 aliphatic carbocycles. The lowest BCUT2D eigenvalue weighted by Crippen LogP contribution is -2.37. The van der Waals surface area contributed by atoms with E-state index in [9.17, 15) is 18.5 Å². The van der Waals surface area contributed by atoms with Crippen LogP contribution in [0.2, 0.25) is 0 Å². The van der Waals surface area contributed by atoms with Crippen LogP contribution in [0.25, 0.3) is 6.08 Å². The summed E-state index contributed by atoms with van der Waals surface area (Å²) in [5.41, 5.74) is 2.21. The van der Waals surface area contributed by atoms with Crippen molar-refractivity contribution in [3.05, 3.63) is 89.0 Å². The number of nitriles is 1. The Labute approximate surface area is 225 Å². The lowest BCUT2D eigenvalue weighted by atomic mass is 10.1. The van der Waals surface area contributed by atoms with Crippen LogP contribution in [0.3, 0.4) is 0 Å². The second kappa shape index (κ2) is 12.9. The van der Waals surface area contributed by atoms with Crippen LogP contribution in [-0.4, -0.2) is 28.0 Å². The summed E-state index contributed by atoms with van der Waals surface area (Å²) in [6.45, 7) is 6.23. The van der Waals surface area contributed by atoms with Gasteiger partial charge in [0.15, 0.2) is 11.5 Å². The number of amides is 1. The number of hydrogen-bond acceptors (Lipinski definition) is 6. The molecule has 0 saturated heterocycles. The maximum atomic E-state index is 13.8. The van der Waals surface area contributed by atoms with Gasteiger partial charge < -0.3 is 9.47 Å². The fourth-order valence-electron chi connectivity index (χ4n) is 3.83. The number of anilines is 1. The number of unbranched alkanes of at least 4 members (excludes halogenated alkanes) is 1. The van der Waals surface area contributed by atoms with Crippen molar-refractivity contribution in [2.75, 3.05) is 18.0 Å². The van der Waals surface area contributed by atoms with E-state index in [-0.39, 0.29) is 16.2 Å². The Morgan fingerprint density at radius 2 is 1.68 bits per heavy atom. The van der Waals surface area contributed by atoms with E-state index in [4.69, 9.17) is 9.47 Å². The second-order valence-electron chi connectivity index (χ2n) is 8.67. The minimum atomic E-state index is -4.33. The quantitative estimate of drug-likeness (QED) is 0.220. The summed E-state index contributed by atoms with van der Waals surface area (Å²) in [7, 11) is -2.84. The number of benzene rings is 3. The molecule has 0 aromatic heterocycles. The van der Waals surface area contributed by atoms with Crippen LogP contribution in [0.1, 0.15) is 43.4 Å². The van der Waals surface area contributed by atoms with Gasteiger partial charge in [0.1, 0.15) is 11.6 Å². The monoisotopic (exact) mass is 532 g/mol. The van der Waals surface area contributed by atoms with Gasteiger partial charge in [-0.3, -0.25) is 4.79 Å². The summed E-state index contributed by atoms with van der Waals surface area (Å²) in [4.78, 5) is 13.7. The standard InChI is InChI=1S/C30H32N2O5S/c1-5-7-8-23-11-14-26(15-12-23)32(38(34,35)27-16-9-22(3)10-17-27)30(33)25(21-31)19-24-13-18-28(37-6-2)29(20-24)36-4/h9-20H,5-8H2,1-4H3/b25-19+. The highest BCUT2D eigenvalue weighted by Gasteiger charge is 2.33. The number of hydrogen-bond donors (Lipinski definition) is 0. The highest BCUT2D eigenvalue weighted by atomic mass is 32.2. The molecule has 0 spiro atoms. The average Bonchev–Trinajstić information content (AvgIpc) is 2.92. The molecule has 0 fully saturated rings. The minimum absolute atomic E-state index is 0.0495. The normalized spacial score (nSPS) is 11.5. The van der Waals surface area contributed by atoms with Crippen LogP contribution in [-0.2, 0) is 21.2 Å². The Kier molecular flexibility index (Phi) is 9.69. The summed E-state index contributed by atoms with van der Waals surface area (Å²) < 4.78 is 39.1. The third-order valence-corrected chi connectivity index (χ3v) is 7.61. The smallest absolute Gasteiger partial charge is 0.282 e. The highest BCUT2D eigenvalue weighted by Crippen LogP contribution is 2.30. The summed E-state index contributed by atoms with van der Waals surface area (Å²) in [6, 6.07) is 19.9. The molecule has 198 valence electrons. The predicted octanol–water partition coefficient (Wildman–Crippen LogP) is 6.07. The van der Waals surface area contributed by atoms with Gasteiger partial charge in [-0.25, -0.2) is 8.42 Å². The Hall–Kier alpha value is -4.09. The van der Waals surface area contributed by atoms with E-state index in [1.165, 1.54) is 25.3 Å². The molecule has 0 bridgehead atoms. The number of carbonyl (C=O) groups excluding carboxylic acids is 1. The number of ether oxygens (including phenoxy) is 2. The third kappa shape index (κ3) is 6.61. The first-order valence-electron chi connectivity index (χ1n) is 12.4. The predicted molar refractivity (Wildman–Crippen MR) is 149 cm³/mol. The van der Waals surface area contributed by atoms with Gasteiger partial charge in [0.25, 0.3) is 15.9 Å². The van der Waals surface area contributed by atoms with Gasteiger partial charge in [-0.2, -0.15) is 9.57 Å². The Morgan fingerprint density at radius 1 is 1.00 bits per heavy atom. The molecule has 0 aliphatic rings. The lowest BCUT2D eigenvalue weighted by molar-refractivity contribution is -0.113. The first-order valence-corrected chi connectivity index (χ1v) is 13.9. The van der Waals surface area contributed by atoms with E-state index in [2.05, 4.69) is 6.92 Å². The number of carbonyl (C=O) groups is 1. The third-order valence-electron chi connectivity index (χ3n) is 5.88. The van der Waals surface area contributed by atoms with Crippen LogP contribution in [0, 0.1) is 18.3 Å². The maximum absolute atomic E-state index is 13.8. The van der Waals surface area contributed by atoms with E-state index in [1.807, 2.05) is 32.0 Å². The van der Waals surface area contributed by atoms with Crippen molar-refractivity contribution < 1.29 is 22.7 Å². The molecule has 3 aromatic rings. The van der Waals surface area contributed by atoms with Crippen molar-refractivity contribution >= 4 is 27.7 Å². The number of aryl methyl sites for hydroxylation is 2. The molecule has 7 nitrogen and oxygen atoms in total. The first kappa shape index (κ1) is 28.5. The van der Waals surface area contributed by atoms with Gasteiger partial charge in [-0.05, 0) is 80.3 Å². The van der Waals surface area contributed by atoms with Crippen molar-refractivity contribution in [3.8, 4) is 17.6 Å². The lowest BCUT2D eigenvalue weighted by Gasteiger charge is -2.23. The molecule has 1 amide bonds. The SMILES string of the molecule is CCCCc1ccc(N(C(=O)/C(C#N)=C/c2ccc(OCC)c(OC)c2)S(=O)(=O)c2ccc(C)cc2)cc1. The topological polar surface area (TPSA) is 96.7 Å². The van der Waals surface area contributed by atoms with Gasteiger partial charge in [0.05, 0.1) is 24.3 Å². The number of methoxy groups -OCH3 is 1. The van der Waals surface area contributed by atoms with Crippen LogP contribution in [0.5, 0.6) is 11.5 Å².